The molecule has 12 heteroatoms. The van der Waals surface area contributed by atoms with Gasteiger partial charge in [0.1, 0.15) is 28.5 Å². The van der Waals surface area contributed by atoms with Crippen LogP contribution >= 0.6 is 11.3 Å². The Kier molecular flexibility index (Phi) is 9.62. The molecule has 1 saturated carbocycles. The van der Waals surface area contributed by atoms with Gasteiger partial charge in [-0.05, 0) is 87.4 Å². The van der Waals surface area contributed by atoms with Gasteiger partial charge in [0.05, 0.1) is 24.2 Å². The molecule has 3 aromatic heterocycles. The van der Waals surface area contributed by atoms with E-state index >= 15 is 0 Å². The zero-order chi connectivity index (χ0) is 31.3. The minimum Gasteiger partial charge on any atom is -0.455 e. The van der Waals surface area contributed by atoms with Crippen LogP contribution < -0.4 is 15.4 Å². The summed E-state index contributed by atoms with van der Waals surface area (Å²) in [6, 6.07) is 9.99. The lowest BCUT2D eigenvalue weighted by Gasteiger charge is -2.28. The van der Waals surface area contributed by atoms with Crippen molar-refractivity contribution in [3.63, 3.8) is 0 Å². The van der Waals surface area contributed by atoms with Gasteiger partial charge in [-0.15, -0.1) is 11.3 Å². The SMILES string of the molecule is Cc1ccc(Oc2ccc(Nc3ncnc4sc5c(c34)CCN(C(=O)/C=C/CN[C@H]3CC[C@H](OC(F)F)CC3)C5)cc2C)cn1. The quantitative estimate of drug-likeness (QED) is 0.183. The lowest BCUT2D eigenvalue weighted by molar-refractivity contribution is -0.170. The Labute approximate surface area is 264 Å². The van der Waals surface area contributed by atoms with Crippen molar-refractivity contribution in [2.45, 2.75) is 71.3 Å². The number of aryl methyl sites for hydroxylation is 2. The highest BCUT2D eigenvalue weighted by molar-refractivity contribution is 7.19. The van der Waals surface area contributed by atoms with E-state index in [0.29, 0.717) is 38.2 Å². The van der Waals surface area contributed by atoms with Gasteiger partial charge in [-0.2, -0.15) is 8.78 Å². The highest BCUT2D eigenvalue weighted by Crippen LogP contribution is 2.38. The van der Waals surface area contributed by atoms with Gasteiger partial charge in [0.15, 0.2) is 0 Å². The van der Waals surface area contributed by atoms with E-state index in [1.807, 2.05) is 55.2 Å². The number of halogens is 2. The number of hydrogen-bond donors (Lipinski definition) is 2. The topological polar surface area (TPSA) is 102 Å². The molecule has 0 atom stereocenters. The van der Waals surface area contributed by atoms with Crippen LogP contribution in [0.15, 0.2) is 55.0 Å². The average Bonchev–Trinajstić information content (AvgIpc) is 3.41. The van der Waals surface area contributed by atoms with Gasteiger partial charge in [-0.1, -0.05) is 6.08 Å². The number of anilines is 2. The maximum Gasteiger partial charge on any atom is 0.345 e. The van der Waals surface area contributed by atoms with Crippen LogP contribution in [0.4, 0.5) is 20.3 Å². The third-order valence-electron chi connectivity index (χ3n) is 8.25. The van der Waals surface area contributed by atoms with Crippen molar-refractivity contribution >= 4 is 39.0 Å². The van der Waals surface area contributed by atoms with E-state index in [0.717, 1.165) is 62.9 Å². The highest BCUT2D eigenvalue weighted by atomic mass is 32.1. The fraction of sp³-hybridized carbons (Fsp3) is 0.394. The predicted molar refractivity (Wildman–Crippen MR) is 170 cm³/mol. The molecule has 0 saturated heterocycles. The first kappa shape index (κ1) is 31.0. The van der Waals surface area contributed by atoms with E-state index in [-0.39, 0.29) is 18.1 Å². The number of nitrogens with zero attached hydrogens (tertiary/aromatic N) is 4. The molecule has 0 unspecified atom stereocenters. The summed E-state index contributed by atoms with van der Waals surface area (Å²) in [6.45, 7) is 2.92. The summed E-state index contributed by atoms with van der Waals surface area (Å²) in [4.78, 5) is 30.3. The number of rotatable bonds is 10. The Morgan fingerprint density at radius 2 is 1.98 bits per heavy atom. The molecule has 0 bridgehead atoms. The van der Waals surface area contributed by atoms with Crippen molar-refractivity contribution < 1.29 is 23.0 Å². The maximum atomic E-state index is 13.0. The van der Waals surface area contributed by atoms with Gasteiger partial charge >= 0.3 is 6.61 Å². The van der Waals surface area contributed by atoms with Crippen LogP contribution in [0.3, 0.4) is 0 Å². The number of aromatic nitrogens is 3. The maximum absolute atomic E-state index is 13.0. The summed E-state index contributed by atoms with van der Waals surface area (Å²) in [5.74, 6) is 2.16. The number of carbonyl (C=O) groups excluding carboxylic acids is 1. The average molecular weight is 635 g/mol. The predicted octanol–water partition coefficient (Wildman–Crippen LogP) is 6.82. The molecule has 2 N–H and O–H groups in total. The highest BCUT2D eigenvalue weighted by Gasteiger charge is 2.26. The summed E-state index contributed by atoms with van der Waals surface area (Å²) in [7, 11) is 0. The number of benzene rings is 1. The second kappa shape index (κ2) is 14.0. The van der Waals surface area contributed by atoms with Crippen molar-refractivity contribution in [2.24, 2.45) is 0 Å². The molecule has 1 aromatic carbocycles. The Morgan fingerprint density at radius 1 is 1.13 bits per heavy atom. The van der Waals surface area contributed by atoms with Gasteiger partial charge in [0, 0.05) is 41.5 Å². The molecule has 236 valence electrons. The Morgan fingerprint density at radius 3 is 2.73 bits per heavy atom. The number of hydrogen-bond acceptors (Lipinski definition) is 9. The second-order valence-corrected chi connectivity index (χ2v) is 12.5. The van der Waals surface area contributed by atoms with E-state index in [4.69, 9.17) is 4.74 Å². The van der Waals surface area contributed by atoms with Gasteiger partial charge in [-0.3, -0.25) is 9.78 Å². The van der Waals surface area contributed by atoms with Gasteiger partial charge in [0.2, 0.25) is 5.91 Å². The third kappa shape index (κ3) is 7.63. The van der Waals surface area contributed by atoms with Crippen LogP contribution in [0.5, 0.6) is 11.5 Å². The lowest BCUT2D eigenvalue weighted by Crippen LogP contribution is -2.36. The van der Waals surface area contributed by atoms with Gasteiger partial charge in [0.25, 0.3) is 0 Å². The summed E-state index contributed by atoms with van der Waals surface area (Å²) < 4.78 is 35.5. The molecule has 1 amide bonds. The largest absolute Gasteiger partial charge is 0.455 e. The number of nitrogens with one attached hydrogen (secondary N) is 2. The number of thiophene rings is 1. The first-order chi connectivity index (χ1) is 21.8. The molecule has 0 radical (unpaired) electrons. The van der Waals surface area contributed by atoms with E-state index in [2.05, 4.69) is 30.3 Å². The zero-order valence-electron chi connectivity index (χ0n) is 25.3. The fourth-order valence-corrected chi connectivity index (χ4v) is 7.08. The number of carbonyl (C=O) groups is 1. The second-order valence-electron chi connectivity index (χ2n) is 11.4. The van der Waals surface area contributed by atoms with Crippen LogP contribution in [0, 0.1) is 13.8 Å². The molecule has 2 aliphatic rings. The molecule has 4 heterocycles. The molecule has 1 aliphatic heterocycles. The number of fused-ring (bicyclic) bond motifs is 3. The smallest absolute Gasteiger partial charge is 0.345 e. The minimum absolute atomic E-state index is 0.0300. The van der Waals surface area contributed by atoms with Gasteiger partial charge in [-0.25, -0.2) is 9.97 Å². The van der Waals surface area contributed by atoms with E-state index in [9.17, 15) is 13.6 Å². The molecule has 9 nitrogen and oxygen atoms in total. The number of alkyl halides is 2. The number of pyridine rings is 1. The Bertz CT molecular complexity index is 1670. The number of ether oxygens (including phenoxy) is 2. The molecule has 6 rings (SSSR count). The molecular formula is C33H36F2N6O3S. The summed E-state index contributed by atoms with van der Waals surface area (Å²) >= 11 is 1.60. The molecule has 1 aliphatic carbocycles. The summed E-state index contributed by atoms with van der Waals surface area (Å²) in [5, 5.41) is 7.88. The molecule has 0 spiro atoms. The van der Waals surface area contributed by atoms with Crippen molar-refractivity contribution in [3.8, 4) is 11.5 Å². The molecular weight excluding hydrogens is 598 g/mol. The van der Waals surface area contributed by atoms with E-state index in [1.165, 1.54) is 5.56 Å². The first-order valence-corrected chi connectivity index (χ1v) is 16.0. The fourth-order valence-electron chi connectivity index (χ4n) is 5.88. The normalized spacial score (nSPS) is 18.5. The molecule has 1 fully saturated rings. The zero-order valence-corrected chi connectivity index (χ0v) is 26.1. The van der Waals surface area contributed by atoms with Crippen molar-refractivity contribution in [2.75, 3.05) is 18.4 Å². The summed E-state index contributed by atoms with van der Waals surface area (Å²) in [5.41, 5.74) is 3.98. The van der Waals surface area contributed by atoms with Crippen LogP contribution in [0.25, 0.3) is 10.2 Å². The van der Waals surface area contributed by atoms with Crippen molar-refractivity contribution in [3.05, 3.63) is 76.7 Å². The molecule has 45 heavy (non-hydrogen) atoms. The monoisotopic (exact) mass is 634 g/mol. The van der Waals surface area contributed by atoms with Crippen LogP contribution in [-0.2, 0) is 22.5 Å². The Hall–Kier alpha value is -4.00. The Balaban J connectivity index is 1.06. The van der Waals surface area contributed by atoms with E-state index < -0.39 is 6.61 Å². The van der Waals surface area contributed by atoms with Crippen LogP contribution in [0.2, 0.25) is 0 Å². The van der Waals surface area contributed by atoms with Crippen LogP contribution in [-0.4, -0.2) is 57.6 Å². The lowest BCUT2D eigenvalue weighted by atomic mass is 9.93. The van der Waals surface area contributed by atoms with Crippen LogP contribution in [0.1, 0.15) is 47.4 Å². The molecule has 4 aromatic rings. The third-order valence-corrected chi connectivity index (χ3v) is 9.38. The standard InChI is InChI=1S/C33H36F2N6O3S/c1-20-16-23(8-12-27(20)43-25-9-5-21(2)37-17-25)40-31-30-26-13-15-41(18-28(26)45-32(30)39-19-38-31)29(42)4-3-14-36-22-6-10-24(11-7-22)44-33(34)35/h3-5,8-9,12,16-17,19,22,24,33,36H,6-7,10-11,13-15,18H2,1-2H3,(H,38,39,40)/b4-3+/t22-,24-. The van der Waals surface area contributed by atoms with Gasteiger partial charge < -0.3 is 25.0 Å². The number of amides is 1. The summed E-state index contributed by atoms with van der Waals surface area (Å²) in [6.07, 6.45) is 9.89. The van der Waals surface area contributed by atoms with Crippen molar-refractivity contribution in [1.82, 2.24) is 25.2 Å². The van der Waals surface area contributed by atoms with Crippen molar-refractivity contribution in [1.29, 1.82) is 0 Å². The first-order valence-electron chi connectivity index (χ1n) is 15.2. The minimum atomic E-state index is -2.71. The van der Waals surface area contributed by atoms with E-state index in [1.54, 1.807) is 29.9 Å².